The summed E-state index contributed by atoms with van der Waals surface area (Å²) in [5.74, 6) is 1.57. The summed E-state index contributed by atoms with van der Waals surface area (Å²) < 4.78 is 5.19. The zero-order valence-electron chi connectivity index (χ0n) is 17.4. The predicted molar refractivity (Wildman–Crippen MR) is 120 cm³/mol. The second-order valence-corrected chi connectivity index (χ2v) is 7.85. The van der Waals surface area contributed by atoms with Crippen LogP contribution in [0.2, 0.25) is 0 Å². The summed E-state index contributed by atoms with van der Waals surface area (Å²) >= 11 is 1.53. The average Bonchev–Trinajstić information content (AvgIpc) is 2.75. The van der Waals surface area contributed by atoms with E-state index in [9.17, 15) is 9.59 Å². The van der Waals surface area contributed by atoms with Crippen LogP contribution in [0.15, 0.2) is 60.7 Å². The summed E-state index contributed by atoms with van der Waals surface area (Å²) in [6, 6.07) is 15.4. The SMILES string of the molecule is C/C=C/Cc1ccccc1CC(=O)N(Cc1ccc(OC)cc1)C(=O)CSCC. The number of carbonyl (C=O) groups is 2. The molecule has 29 heavy (non-hydrogen) atoms. The number of hydrogen-bond acceptors (Lipinski definition) is 4. The fourth-order valence-electron chi connectivity index (χ4n) is 2.93. The lowest BCUT2D eigenvalue weighted by Gasteiger charge is -2.22. The molecule has 2 amide bonds. The van der Waals surface area contributed by atoms with Crippen LogP contribution in [-0.4, -0.2) is 35.3 Å². The minimum atomic E-state index is -0.171. The van der Waals surface area contributed by atoms with E-state index < -0.39 is 0 Å². The molecule has 154 valence electrons. The molecule has 2 aromatic rings. The molecule has 0 N–H and O–H groups in total. The van der Waals surface area contributed by atoms with E-state index in [1.807, 2.05) is 68.5 Å². The highest BCUT2D eigenvalue weighted by molar-refractivity contribution is 7.99. The molecule has 0 aromatic heterocycles. The Hall–Kier alpha value is -2.53. The monoisotopic (exact) mass is 411 g/mol. The predicted octanol–water partition coefficient (Wildman–Crippen LogP) is 4.66. The van der Waals surface area contributed by atoms with Gasteiger partial charge in [0.05, 0.1) is 25.8 Å². The molecule has 0 fully saturated rings. The number of imide groups is 1. The number of methoxy groups -OCH3 is 1. The van der Waals surface area contributed by atoms with Crippen LogP contribution < -0.4 is 4.74 Å². The van der Waals surface area contributed by atoms with Crippen molar-refractivity contribution in [2.24, 2.45) is 0 Å². The van der Waals surface area contributed by atoms with Crippen LogP contribution >= 0.6 is 11.8 Å². The number of thioether (sulfide) groups is 1. The summed E-state index contributed by atoms with van der Waals surface area (Å²) in [7, 11) is 1.61. The van der Waals surface area contributed by atoms with Gasteiger partial charge in [-0.2, -0.15) is 11.8 Å². The fraction of sp³-hybridized carbons (Fsp3) is 0.333. The van der Waals surface area contributed by atoms with Gasteiger partial charge in [0.2, 0.25) is 11.8 Å². The number of allylic oxidation sites excluding steroid dienone is 2. The molecular formula is C24H29NO3S. The topological polar surface area (TPSA) is 46.6 Å². The molecule has 0 radical (unpaired) electrons. The number of amides is 2. The maximum Gasteiger partial charge on any atom is 0.239 e. The van der Waals surface area contributed by atoms with Crippen LogP contribution in [-0.2, 0) is 29.0 Å². The van der Waals surface area contributed by atoms with Crippen molar-refractivity contribution in [3.8, 4) is 5.75 Å². The standard InChI is InChI=1S/C24H29NO3S/c1-4-6-9-20-10-7-8-11-21(20)16-23(26)25(24(27)18-29-5-2)17-19-12-14-22(28-3)15-13-19/h4,6-8,10-15H,5,9,16-18H2,1-3H3/b6-4+. The molecule has 0 aliphatic rings. The van der Waals surface area contributed by atoms with Gasteiger partial charge in [-0.1, -0.05) is 55.5 Å². The van der Waals surface area contributed by atoms with Crippen LogP contribution in [0.4, 0.5) is 0 Å². The molecule has 2 rings (SSSR count). The van der Waals surface area contributed by atoms with Crippen molar-refractivity contribution in [1.29, 1.82) is 0 Å². The molecule has 0 saturated heterocycles. The summed E-state index contributed by atoms with van der Waals surface area (Å²) in [4.78, 5) is 27.3. The van der Waals surface area contributed by atoms with E-state index in [1.54, 1.807) is 7.11 Å². The van der Waals surface area contributed by atoms with E-state index in [4.69, 9.17) is 4.74 Å². The van der Waals surface area contributed by atoms with E-state index in [2.05, 4.69) is 6.08 Å². The van der Waals surface area contributed by atoms with E-state index in [0.717, 1.165) is 34.6 Å². The molecule has 0 atom stereocenters. The first-order chi connectivity index (χ1) is 14.1. The third-order valence-electron chi connectivity index (χ3n) is 4.57. The second-order valence-electron chi connectivity index (χ2n) is 6.58. The molecule has 0 saturated carbocycles. The molecule has 0 bridgehead atoms. The molecule has 0 aliphatic heterocycles. The van der Waals surface area contributed by atoms with Gasteiger partial charge >= 0.3 is 0 Å². The fourth-order valence-corrected chi connectivity index (χ4v) is 3.46. The van der Waals surface area contributed by atoms with Gasteiger partial charge in [-0.05, 0) is 47.9 Å². The van der Waals surface area contributed by atoms with Gasteiger partial charge in [-0.15, -0.1) is 0 Å². The van der Waals surface area contributed by atoms with Crippen LogP contribution in [0.5, 0.6) is 5.75 Å². The zero-order valence-corrected chi connectivity index (χ0v) is 18.2. The number of hydrogen-bond donors (Lipinski definition) is 0. The van der Waals surface area contributed by atoms with Crippen molar-refractivity contribution in [3.05, 3.63) is 77.4 Å². The zero-order chi connectivity index (χ0) is 21.1. The summed E-state index contributed by atoms with van der Waals surface area (Å²) in [6.45, 7) is 4.25. The highest BCUT2D eigenvalue weighted by Crippen LogP contribution is 2.17. The van der Waals surface area contributed by atoms with Crippen molar-refractivity contribution in [1.82, 2.24) is 4.90 Å². The smallest absolute Gasteiger partial charge is 0.239 e. The highest BCUT2D eigenvalue weighted by Gasteiger charge is 2.22. The number of ether oxygens (including phenoxy) is 1. The number of carbonyl (C=O) groups excluding carboxylic acids is 2. The first-order valence-corrected chi connectivity index (χ1v) is 11.0. The number of benzene rings is 2. The Labute approximate surface area is 177 Å². The summed E-state index contributed by atoms with van der Waals surface area (Å²) in [5.41, 5.74) is 2.97. The Kier molecular flexibility index (Phi) is 9.51. The van der Waals surface area contributed by atoms with Crippen molar-refractivity contribution in [3.63, 3.8) is 0 Å². The largest absolute Gasteiger partial charge is 0.497 e. The molecule has 4 nitrogen and oxygen atoms in total. The first kappa shape index (κ1) is 22.8. The molecule has 0 spiro atoms. The van der Waals surface area contributed by atoms with Crippen molar-refractivity contribution >= 4 is 23.6 Å². The molecular weight excluding hydrogens is 382 g/mol. The third-order valence-corrected chi connectivity index (χ3v) is 5.42. The molecule has 2 aromatic carbocycles. The van der Waals surface area contributed by atoms with Gasteiger partial charge in [0.15, 0.2) is 0 Å². The Balaban J connectivity index is 2.20. The van der Waals surface area contributed by atoms with E-state index >= 15 is 0 Å². The lowest BCUT2D eigenvalue weighted by Crippen LogP contribution is -2.38. The summed E-state index contributed by atoms with van der Waals surface area (Å²) in [5, 5.41) is 0. The van der Waals surface area contributed by atoms with Crippen molar-refractivity contribution in [2.45, 2.75) is 33.2 Å². The van der Waals surface area contributed by atoms with Gasteiger partial charge in [0, 0.05) is 0 Å². The van der Waals surface area contributed by atoms with Crippen LogP contribution in [0.3, 0.4) is 0 Å². The summed E-state index contributed by atoms with van der Waals surface area (Å²) in [6.07, 6.45) is 5.06. The van der Waals surface area contributed by atoms with Gasteiger partial charge in [-0.25, -0.2) is 0 Å². The van der Waals surface area contributed by atoms with E-state index in [1.165, 1.54) is 16.7 Å². The van der Waals surface area contributed by atoms with Crippen LogP contribution in [0, 0.1) is 0 Å². The van der Waals surface area contributed by atoms with E-state index in [0.29, 0.717) is 5.75 Å². The van der Waals surface area contributed by atoms with Crippen molar-refractivity contribution in [2.75, 3.05) is 18.6 Å². The Morgan fingerprint density at radius 2 is 1.72 bits per heavy atom. The number of nitrogens with zero attached hydrogens (tertiary/aromatic N) is 1. The van der Waals surface area contributed by atoms with Crippen molar-refractivity contribution < 1.29 is 14.3 Å². The van der Waals surface area contributed by atoms with E-state index in [-0.39, 0.29) is 24.8 Å². The quantitative estimate of drug-likeness (QED) is 0.533. The molecule has 0 unspecified atom stereocenters. The minimum Gasteiger partial charge on any atom is -0.497 e. The minimum absolute atomic E-state index is 0.149. The second kappa shape index (κ2) is 12.1. The highest BCUT2D eigenvalue weighted by atomic mass is 32.2. The molecule has 0 heterocycles. The lowest BCUT2D eigenvalue weighted by atomic mass is 10.0. The number of rotatable bonds is 10. The van der Waals surface area contributed by atoms with Crippen LogP contribution in [0.1, 0.15) is 30.5 Å². The first-order valence-electron chi connectivity index (χ1n) is 9.80. The lowest BCUT2D eigenvalue weighted by molar-refractivity contribution is -0.143. The maximum atomic E-state index is 13.1. The van der Waals surface area contributed by atoms with Gasteiger partial charge < -0.3 is 4.74 Å². The Morgan fingerprint density at radius 1 is 1.03 bits per heavy atom. The Morgan fingerprint density at radius 3 is 2.34 bits per heavy atom. The molecule has 0 aliphatic carbocycles. The Bertz CT molecular complexity index is 830. The average molecular weight is 412 g/mol. The van der Waals surface area contributed by atoms with Crippen LogP contribution in [0.25, 0.3) is 0 Å². The van der Waals surface area contributed by atoms with Gasteiger partial charge in [-0.3, -0.25) is 14.5 Å². The van der Waals surface area contributed by atoms with Gasteiger partial charge in [0.25, 0.3) is 0 Å². The maximum absolute atomic E-state index is 13.1. The normalized spacial score (nSPS) is 10.9. The van der Waals surface area contributed by atoms with Gasteiger partial charge in [0.1, 0.15) is 5.75 Å². The third kappa shape index (κ3) is 7.09. The molecule has 5 heteroatoms.